The maximum Gasteiger partial charge on any atom is 0.231 e. The second-order valence-corrected chi connectivity index (χ2v) is 8.37. The fraction of sp³-hybridized carbons (Fsp3) is 0.545. The molecule has 0 unspecified atom stereocenters. The highest BCUT2D eigenvalue weighted by molar-refractivity contribution is 5.76. The molecule has 0 bridgehead atoms. The van der Waals surface area contributed by atoms with E-state index in [9.17, 15) is 4.79 Å². The largest absolute Gasteiger partial charge is 0.454 e. The smallest absolute Gasteiger partial charge is 0.231 e. The summed E-state index contributed by atoms with van der Waals surface area (Å²) in [6.45, 7) is 7.14. The molecule has 150 valence electrons. The van der Waals surface area contributed by atoms with Crippen LogP contribution in [-0.4, -0.2) is 40.2 Å². The Morgan fingerprint density at radius 1 is 1.29 bits per heavy atom. The first-order chi connectivity index (χ1) is 13.5. The second-order valence-electron chi connectivity index (χ2n) is 8.37. The number of imidazole rings is 1. The van der Waals surface area contributed by atoms with Crippen LogP contribution < -0.4 is 9.47 Å². The first kappa shape index (κ1) is 18.8. The SMILES string of the molecule is Cc1nccn1CCCC(=O)N1CCC[C@@](C)(Cc2ccc3c(c2)OCO3)C1. The average molecular weight is 383 g/mol. The van der Waals surface area contributed by atoms with E-state index in [1.54, 1.807) is 0 Å². The molecule has 6 heteroatoms. The fourth-order valence-corrected chi connectivity index (χ4v) is 4.42. The first-order valence-corrected chi connectivity index (χ1v) is 10.2. The molecule has 0 radical (unpaired) electrons. The van der Waals surface area contributed by atoms with Crippen LogP contribution in [0.5, 0.6) is 11.5 Å². The lowest BCUT2D eigenvalue weighted by molar-refractivity contribution is -0.134. The average Bonchev–Trinajstić information content (AvgIpc) is 3.30. The predicted molar refractivity (Wildman–Crippen MR) is 106 cm³/mol. The van der Waals surface area contributed by atoms with E-state index in [1.165, 1.54) is 5.56 Å². The van der Waals surface area contributed by atoms with Crippen molar-refractivity contribution in [3.8, 4) is 11.5 Å². The van der Waals surface area contributed by atoms with Gasteiger partial charge in [-0.3, -0.25) is 4.79 Å². The van der Waals surface area contributed by atoms with Gasteiger partial charge in [0, 0.05) is 38.4 Å². The number of hydrogen-bond acceptors (Lipinski definition) is 4. The summed E-state index contributed by atoms with van der Waals surface area (Å²) in [6, 6.07) is 6.19. The van der Waals surface area contributed by atoms with E-state index < -0.39 is 0 Å². The number of carbonyl (C=O) groups excluding carboxylic acids is 1. The fourth-order valence-electron chi connectivity index (χ4n) is 4.42. The Balaban J connectivity index is 1.32. The van der Waals surface area contributed by atoms with E-state index in [-0.39, 0.29) is 11.3 Å². The highest BCUT2D eigenvalue weighted by atomic mass is 16.7. The van der Waals surface area contributed by atoms with Crippen LogP contribution >= 0.6 is 0 Å². The van der Waals surface area contributed by atoms with Crippen molar-refractivity contribution in [3.05, 3.63) is 42.0 Å². The van der Waals surface area contributed by atoms with E-state index in [0.29, 0.717) is 13.2 Å². The number of carbonyl (C=O) groups is 1. The summed E-state index contributed by atoms with van der Waals surface area (Å²) in [5.74, 6) is 2.93. The van der Waals surface area contributed by atoms with Gasteiger partial charge in [0.25, 0.3) is 0 Å². The van der Waals surface area contributed by atoms with E-state index in [4.69, 9.17) is 9.47 Å². The molecule has 2 aliphatic heterocycles. The van der Waals surface area contributed by atoms with Gasteiger partial charge in [-0.2, -0.15) is 0 Å². The van der Waals surface area contributed by atoms with Crippen LogP contribution in [0.1, 0.15) is 44.0 Å². The lowest BCUT2D eigenvalue weighted by Crippen LogP contribution is -2.45. The lowest BCUT2D eigenvalue weighted by atomic mass is 9.77. The zero-order valence-corrected chi connectivity index (χ0v) is 16.8. The minimum Gasteiger partial charge on any atom is -0.454 e. The number of piperidine rings is 1. The number of likely N-dealkylation sites (tertiary alicyclic amines) is 1. The van der Waals surface area contributed by atoms with Crippen molar-refractivity contribution in [2.45, 2.75) is 52.5 Å². The van der Waals surface area contributed by atoms with Crippen molar-refractivity contribution < 1.29 is 14.3 Å². The lowest BCUT2D eigenvalue weighted by Gasteiger charge is -2.41. The van der Waals surface area contributed by atoms with Gasteiger partial charge in [0.15, 0.2) is 11.5 Å². The molecule has 0 N–H and O–H groups in total. The Morgan fingerprint density at radius 2 is 2.14 bits per heavy atom. The quantitative estimate of drug-likeness (QED) is 0.765. The van der Waals surface area contributed by atoms with E-state index >= 15 is 0 Å². The number of hydrogen-bond donors (Lipinski definition) is 0. The maximum absolute atomic E-state index is 12.8. The summed E-state index contributed by atoms with van der Waals surface area (Å²) < 4.78 is 13.0. The summed E-state index contributed by atoms with van der Waals surface area (Å²) in [4.78, 5) is 19.1. The standard InChI is InChI=1S/C22H29N3O3/c1-17-23-9-12-24(17)10-3-5-21(26)25-11-4-8-22(2,15-25)14-18-6-7-19-20(13-18)28-16-27-19/h6-7,9,12-13H,3-5,8,10-11,14-16H2,1-2H3/t22-/m0/s1. The van der Waals surface area contributed by atoms with Crippen molar-refractivity contribution >= 4 is 5.91 Å². The Bertz CT molecular complexity index is 847. The molecular formula is C22H29N3O3. The van der Waals surface area contributed by atoms with Crippen LogP contribution in [0.3, 0.4) is 0 Å². The van der Waals surface area contributed by atoms with E-state index in [2.05, 4.69) is 33.5 Å². The molecule has 0 aliphatic carbocycles. The molecular weight excluding hydrogens is 354 g/mol. The van der Waals surface area contributed by atoms with Crippen LogP contribution in [0, 0.1) is 12.3 Å². The molecule has 1 amide bonds. The summed E-state index contributed by atoms with van der Waals surface area (Å²) in [7, 11) is 0. The van der Waals surface area contributed by atoms with Crippen molar-refractivity contribution in [3.63, 3.8) is 0 Å². The Morgan fingerprint density at radius 3 is 2.96 bits per heavy atom. The second kappa shape index (κ2) is 7.86. The third-order valence-electron chi connectivity index (χ3n) is 5.91. The van der Waals surface area contributed by atoms with Crippen LogP contribution in [0.25, 0.3) is 0 Å². The number of rotatable bonds is 6. The molecule has 1 fully saturated rings. The Labute approximate surface area is 166 Å². The van der Waals surface area contributed by atoms with Crippen LogP contribution in [0.2, 0.25) is 0 Å². The van der Waals surface area contributed by atoms with Crippen LogP contribution in [0.4, 0.5) is 0 Å². The van der Waals surface area contributed by atoms with Crippen LogP contribution in [0.15, 0.2) is 30.6 Å². The van der Waals surface area contributed by atoms with Gasteiger partial charge in [-0.1, -0.05) is 13.0 Å². The van der Waals surface area contributed by atoms with Gasteiger partial charge in [-0.25, -0.2) is 4.98 Å². The molecule has 4 rings (SSSR count). The highest BCUT2D eigenvalue weighted by Gasteiger charge is 2.33. The molecule has 3 heterocycles. The highest BCUT2D eigenvalue weighted by Crippen LogP contribution is 2.37. The topological polar surface area (TPSA) is 56.6 Å². The maximum atomic E-state index is 12.8. The predicted octanol–water partition coefficient (Wildman–Crippen LogP) is 3.57. The van der Waals surface area contributed by atoms with Gasteiger partial charge < -0.3 is 18.9 Å². The Kier molecular flexibility index (Phi) is 5.29. The zero-order chi connectivity index (χ0) is 19.6. The van der Waals surface area contributed by atoms with E-state index in [1.807, 2.05) is 25.4 Å². The van der Waals surface area contributed by atoms with E-state index in [0.717, 1.165) is 62.6 Å². The van der Waals surface area contributed by atoms with Crippen molar-refractivity contribution in [1.29, 1.82) is 0 Å². The normalized spacial score (nSPS) is 21.1. The Hall–Kier alpha value is -2.50. The van der Waals surface area contributed by atoms with Gasteiger partial charge in [0.2, 0.25) is 12.7 Å². The van der Waals surface area contributed by atoms with Crippen LogP contribution in [-0.2, 0) is 17.8 Å². The number of aromatic nitrogens is 2. The minimum atomic E-state index is 0.0997. The van der Waals surface area contributed by atoms with Crippen molar-refractivity contribution in [2.24, 2.45) is 5.41 Å². The van der Waals surface area contributed by atoms with Gasteiger partial charge in [0.05, 0.1) is 0 Å². The summed E-state index contributed by atoms with van der Waals surface area (Å²) in [5.41, 5.74) is 1.35. The monoisotopic (exact) mass is 383 g/mol. The third-order valence-corrected chi connectivity index (χ3v) is 5.91. The molecule has 6 nitrogen and oxygen atoms in total. The third kappa shape index (κ3) is 4.16. The molecule has 1 saturated heterocycles. The molecule has 1 atom stereocenters. The van der Waals surface area contributed by atoms with Gasteiger partial charge in [0.1, 0.15) is 5.82 Å². The molecule has 1 aromatic carbocycles. The molecule has 2 aliphatic rings. The van der Waals surface area contributed by atoms with Gasteiger partial charge >= 0.3 is 0 Å². The molecule has 0 spiro atoms. The van der Waals surface area contributed by atoms with Crippen molar-refractivity contribution in [1.82, 2.24) is 14.5 Å². The number of nitrogens with zero attached hydrogens (tertiary/aromatic N) is 3. The number of aryl methyl sites for hydroxylation is 2. The molecule has 1 aromatic heterocycles. The summed E-state index contributed by atoms with van der Waals surface area (Å²) >= 11 is 0. The molecule has 28 heavy (non-hydrogen) atoms. The van der Waals surface area contributed by atoms with Crippen molar-refractivity contribution in [2.75, 3.05) is 19.9 Å². The number of ether oxygens (including phenoxy) is 2. The van der Waals surface area contributed by atoms with Gasteiger partial charge in [-0.15, -0.1) is 0 Å². The number of amides is 1. The minimum absolute atomic E-state index is 0.0997. The summed E-state index contributed by atoms with van der Waals surface area (Å²) in [6.07, 6.45) is 8.38. The first-order valence-electron chi connectivity index (χ1n) is 10.2. The number of fused-ring (bicyclic) bond motifs is 1. The van der Waals surface area contributed by atoms with Gasteiger partial charge in [-0.05, 0) is 55.7 Å². The molecule has 2 aromatic rings. The zero-order valence-electron chi connectivity index (χ0n) is 16.8. The number of benzene rings is 1. The summed E-state index contributed by atoms with van der Waals surface area (Å²) in [5, 5.41) is 0. The molecule has 0 saturated carbocycles.